The standard InChI is InChI=1S/C13H26N4O2/c1-5-14-12(18)10(2)15-11-6-8-17(9-7-11)13(19)16(3)4/h10-11,15H,5-9H2,1-4H3,(H,14,18). The number of piperidine rings is 1. The van der Waals surface area contributed by atoms with Crippen LogP contribution in [0.15, 0.2) is 0 Å². The molecule has 0 spiro atoms. The SMILES string of the molecule is CCNC(=O)C(C)NC1CCN(C(=O)N(C)C)CC1. The number of hydrogen-bond acceptors (Lipinski definition) is 3. The molecule has 1 aliphatic rings. The highest BCUT2D eigenvalue weighted by atomic mass is 16.2. The van der Waals surface area contributed by atoms with Crippen LogP contribution in [0.1, 0.15) is 26.7 Å². The number of rotatable bonds is 4. The largest absolute Gasteiger partial charge is 0.355 e. The molecule has 0 aliphatic carbocycles. The average molecular weight is 270 g/mol. The van der Waals surface area contributed by atoms with Crippen molar-refractivity contribution in [3.8, 4) is 0 Å². The molecule has 1 unspecified atom stereocenters. The van der Waals surface area contributed by atoms with Gasteiger partial charge in [-0.2, -0.15) is 0 Å². The summed E-state index contributed by atoms with van der Waals surface area (Å²) in [5.41, 5.74) is 0. The number of urea groups is 1. The number of amides is 3. The summed E-state index contributed by atoms with van der Waals surface area (Å²) in [6, 6.07) is 0.195. The Bertz CT molecular complexity index is 312. The summed E-state index contributed by atoms with van der Waals surface area (Å²) >= 11 is 0. The fraction of sp³-hybridized carbons (Fsp3) is 0.846. The molecule has 1 atom stereocenters. The molecule has 1 rings (SSSR count). The van der Waals surface area contributed by atoms with Gasteiger partial charge in [0.2, 0.25) is 5.91 Å². The van der Waals surface area contributed by atoms with Crippen LogP contribution in [0.4, 0.5) is 4.79 Å². The van der Waals surface area contributed by atoms with Crippen LogP contribution < -0.4 is 10.6 Å². The molecule has 1 saturated heterocycles. The highest BCUT2D eigenvalue weighted by Gasteiger charge is 2.25. The van der Waals surface area contributed by atoms with E-state index in [1.807, 2.05) is 18.7 Å². The van der Waals surface area contributed by atoms with Crippen molar-refractivity contribution >= 4 is 11.9 Å². The second-order valence-electron chi connectivity index (χ2n) is 5.22. The Hall–Kier alpha value is -1.30. The number of nitrogens with zero attached hydrogens (tertiary/aromatic N) is 2. The van der Waals surface area contributed by atoms with E-state index in [2.05, 4.69) is 10.6 Å². The maximum Gasteiger partial charge on any atom is 0.319 e. The predicted octanol–water partition coefficient (Wildman–Crippen LogP) is 0.247. The molecule has 1 aliphatic heterocycles. The van der Waals surface area contributed by atoms with Crippen LogP contribution in [0, 0.1) is 0 Å². The molecule has 0 aromatic carbocycles. The summed E-state index contributed by atoms with van der Waals surface area (Å²) in [6.45, 7) is 5.94. The quantitative estimate of drug-likeness (QED) is 0.769. The van der Waals surface area contributed by atoms with Gasteiger partial charge in [0.05, 0.1) is 6.04 Å². The summed E-state index contributed by atoms with van der Waals surface area (Å²) in [6.07, 6.45) is 1.78. The van der Waals surface area contributed by atoms with E-state index < -0.39 is 0 Å². The van der Waals surface area contributed by atoms with Crippen LogP contribution in [-0.2, 0) is 4.79 Å². The van der Waals surface area contributed by atoms with Crippen LogP contribution in [0.3, 0.4) is 0 Å². The van der Waals surface area contributed by atoms with Crippen LogP contribution in [0.5, 0.6) is 0 Å². The van der Waals surface area contributed by atoms with Crippen LogP contribution in [0.2, 0.25) is 0 Å². The molecule has 6 heteroatoms. The second kappa shape index (κ2) is 7.33. The van der Waals surface area contributed by atoms with E-state index in [1.54, 1.807) is 19.0 Å². The fourth-order valence-corrected chi connectivity index (χ4v) is 2.28. The number of likely N-dealkylation sites (N-methyl/N-ethyl adjacent to an activating group) is 1. The van der Waals surface area contributed by atoms with E-state index in [0.717, 1.165) is 25.9 Å². The average Bonchev–Trinajstić information content (AvgIpc) is 2.38. The first kappa shape index (κ1) is 15.8. The molecule has 110 valence electrons. The molecule has 1 fully saturated rings. The third kappa shape index (κ3) is 4.70. The normalized spacial score (nSPS) is 18.0. The van der Waals surface area contributed by atoms with E-state index in [0.29, 0.717) is 12.6 Å². The molecule has 3 amide bonds. The second-order valence-corrected chi connectivity index (χ2v) is 5.22. The summed E-state index contributed by atoms with van der Waals surface area (Å²) < 4.78 is 0. The lowest BCUT2D eigenvalue weighted by Crippen LogP contribution is -2.52. The third-order valence-electron chi connectivity index (χ3n) is 3.38. The third-order valence-corrected chi connectivity index (χ3v) is 3.38. The molecule has 0 saturated carbocycles. The monoisotopic (exact) mass is 270 g/mol. The van der Waals surface area contributed by atoms with Crippen LogP contribution in [0.25, 0.3) is 0 Å². The Kier molecular flexibility index (Phi) is 6.08. The maximum atomic E-state index is 11.8. The molecule has 0 aromatic rings. The topological polar surface area (TPSA) is 64.7 Å². The first-order valence-electron chi connectivity index (χ1n) is 6.95. The van der Waals surface area contributed by atoms with Gasteiger partial charge in [-0.15, -0.1) is 0 Å². The van der Waals surface area contributed by atoms with Gasteiger partial charge in [-0.25, -0.2) is 4.79 Å². The van der Waals surface area contributed by atoms with Gasteiger partial charge in [-0.3, -0.25) is 4.79 Å². The van der Waals surface area contributed by atoms with Crippen LogP contribution in [-0.4, -0.2) is 67.6 Å². The lowest BCUT2D eigenvalue weighted by molar-refractivity contribution is -0.122. The molecule has 0 bridgehead atoms. The van der Waals surface area contributed by atoms with E-state index in [9.17, 15) is 9.59 Å². The summed E-state index contributed by atoms with van der Waals surface area (Å²) in [4.78, 5) is 26.9. The van der Waals surface area contributed by atoms with Gasteiger partial charge in [0, 0.05) is 39.8 Å². The highest BCUT2D eigenvalue weighted by Crippen LogP contribution is 2.12. The van der Waals surface area contributed by atoms with Crippen molar-refractivity contribution in [2.24, 2.45) is 0 Å². The summed E-state index contributed by atoms with van der Waals surface area (Å²) in [7, 11) is 3.54. The zero-order valence-electron chi connectivity index (χ0n) is 12.4. The number of likely N-dealkylation sites (tertiary alicyclic amines) is 1. The molecule has 6 nitrogen and oxygen atoms in total. The minimum atomic E-state index is -0.180. The first-order valence-corrected chi connectivity index (χ1v) is 6.95. The number of nitrogens with one attached hydrogen (secondary N) is 2. The molecule has 0 radical (unpaired) electrons. The van der Waals surface area contributed by atoms with E-state index in [-0.39, 0.29) is 18.0 Å². The van der Waals surface area contributed by atoms with Gasteiger partial charge in [-0.05, 0) is 26.7 Å². The Balaban J connectivity index is 2.34. The number of hydrogen-bond donors (Lipinski definition) is 2. The van der Waals surface area contributed by atoms with E-state index >= 15 is 0 Å². The van der Waals surface area contributed by atoms with Gasteiger partial charge in [0.1, 0.15) is 0 Å². The number of carbonyl (C=O) groups excluding carboxylic acids is 2. The minimum absolute atomic E-state index is 0.0364. The van der Waals surface area contributed by atoms with Gasteiger partial charge in [0.25, 0.3) is 0 Å². The Labute approximate surface area is 115 Å². The first-order chi connectivity index (χ1) is 8.95. The predicted molar refractivity (Wildman–Crippen MR) is 75.0 cm³/mol. The van der Waals surface area contributed by atoms with Crippen molar-refractivity contribution in [3.05, 3.63) is 0 Å². The van der Waals surface area contributed by atoms with Gasteiger partial charge in [-0.1, -0.05) is 0 Å². The zero-order chi connectivity index (χ0) is 14.4. The zero-order valence-corrected chi connectivity index (χ0v) is 12.4. The van der Waals surface area contributed by atoms with Gasteiger partial charge < -0.3 is 20.4 Å². The Morgan fingerprint density at radius 3 is 2.37 bits per heavy atom. The van der Waals surface area contributed by atoms with Crippen molar-refractivity contribution in [1.29, 1.82) is 0 Å². The van der Waals surface area contributed by atoms with Crippen molar-refractivity contribution in [1.82, 2.24) is 20.4 Å². The van der Waals surface area contributed by atoms with Gasteiger partial charge >= 0.3 is 6.03 Å². The van der Waals surface area contributed by atoms with E-state index in [1.165, 1.54) is 0 Å². The molecular weight excluding hydrogens is 244 g/mol. The highest BCUT2D eigenvalue weighted by molar-refractivity contribution is 5.81. The van der Waals surface area contributed by atoms with Crippen molar-refractivity contribution in [2.75, 3.05) is 33.7 Å². The van der Waals surface area contributed by atoms with Crippen molar-refractivity contribution in [3.63, 3.8) is 0 Å². The minimum Gasteiger partial charge on any atom is -0.355 e. The van der Waals surface area contributed by atoms with Crippen molar-refractivity contribution in [2.45, 2.75) is 38.8 Å². The summed E-state index contributed by atoms with van der Waals surface area (Å²) in [5, 5.41) is 6.13. The lowest BCUT2D eigenvalue weighted by atomic mass is 10.0. The fourth-order valence-electron chi connectivity index (χ4n) is 2.28. The maximum absolute atomic E-state index is 11.8. The molecular formula is C13H26N4O2. The van der Waals surface area contributed by atoms with Gasteiger partial charge in [0.15, 0.2) is 0 Å². The Morgan fingerprint density at radius 1 is 1.32 bits per heavy atom. The molecule has 2 N–H and O–H groups in total. The van der Waals surface area contributed by atoms with Crippen molar-refractivity contribution < 1.29 is 9.59 Å². The molecule has 0 aromatic heterocycles. The lowest BCUT2D eigenvalue weighted by Gasteiger charge is -2.35. The van der Waals surface area contributed by atoms with E-state index in [4.69, 9.17) is 0 Å². The molecule has 1 heterocycles. The van der Waals surface area contributed by atoms with Crippen LogP contribution >= 0.6 is 0 Å². The Morgan fingerprint density at radius 2 is 1.89 bits per heavy atom. The summed E-state index contributed by atoms with van der Waals surface area (Å²) in [5.74, 6) is 0.0364. The molecule has 19 heavy (non-hydrogen) atoms. The number of carbonyl (C=O) groups is 2. The smallest absolute Gasteiger partial charge is 0.319 e.